The molecule has 0 bridgehead atoms. The van der Waals surface area contributed by atoms with Crippen LogP contribution in [0.25, 0.3) is 0 Å². The lowest BCUT2D eigenvalue weighted by Gasteiger charge is -2.22. The van der Waals surface area contributed by atoms with E-state index in [1.165, 1.54) is 26.0 Å². The molecule has 0 aliphatic rings. The van der Waals surface area contributed by atoms with Crippen molar-refractivity contribution in [3.63, 3.8) is 0 Å². The Labute approximate surface area is 123 Å². The van der Waals surface area contributed by atoms with Crippen molar-refractivity contribution in [3.05, 3.63) is 18.2 Å². The van der Waals surface area contributed by atoms with Gasteiger partial charge in [0.15, 0.2) is 9.84 Å². The van der Waals surface area contributed by atoms with Crippen molar-refractivity contribution in [3.8, 4) is 0 Å². The molecule has 1 aromatic carbocycles. The van der Waals surface area contributed by atoms with Gasteiger partial charge in [-0.3, -0.25) is 4.79 Å². The highest BCUT2D eigenvalue weighted by molar-refractivity contribution is 7.91. The van der Waals surface area contributed by atoms with Gasteiger partial charge in [-0.25, -0.2) is 16.8 Å². The Morgan fingerprint density at radius 2 is 1.71 bits per heavy atom. The number of rotatable bonds is 5. The van der Waals surface area contributed by atoms with Gasteiger partial charge in [-0.1, -0.05) is 0 Å². The highest BCUT2D eigenvalue weighted by Crippen LogP contribution is 2.23. The van der Waals surface area contributed by atoms with Crippen molar-refractivity contribution in [1.29, 1.82) is 0 Å². The first-order chi connectivity index (χ1) is 9.27. The Bertz CT molecular complexity index is 782. The standard InChI is InChI=1S/C11H17N3O5S2/c1-11(2,10(13)15)14-21(18,19)9-6-7(20(3,16)17)4-5-8(9)12/h4-6,14H,12H2,1-3H3,(H2,13,15). The van der Waals surface area contributed by atoms with E-state index in [0.29, 0.717) is 0 Å². The number of carbonyl (C=O) groups excluding carboxylic acids is 1. The van der Waals surface area contributed by atoms with Crippen LogP contribution in [0.3, 0.4) is 0 Å². The molecule has 0 radical (unpaired) electrons. The van der Waals surface area contributed by atoms with Crippen LogP contribution in [-0.4, -0.2) is 34.5 Å². The van der Waals surface area contributed by atoms with E-state index in [4.69, 9.17) is 11.5 Å². The van der Waals surface area contributed by atoms with Crippen molar-refractivity contribution in [1.82, 2.24) is 4.72 Å². The Morgan fingerprint density at radius 1 is 1.19 bits per heavy atom. The molecule has 10 heteroatoms. The summed E-state index contributed by atoms with van der Waals surface area (Å²) < 4.78 is 49.6. The zero-order chi connectivity index (χ0) is 16.6. The fraction of sp³-hybridized carbons (Fsp3) is 0.364. The normalized spacial score (nSPS) is 13.1. The summed E-state index contributed by atoms with van der Waals surface area (Å²) in [5, 5.41) is 0. The number of anilines is 1. The average molecular weight is 335 g/mol. The fourth-order valence-electron chi connectivity index (χ4n) is 1.42. The van der Waals surface area contributed by atoms with Crippen LogP contribution in [0.4, 0.5) is 5.69 Å². The molecule has 0 atom stereocenters. The highest BCUT2D eigenvalue weighted by atomic mass is 32.2. The summed E-state index contributed by atoms with van der Waals surface area (Å²) >= 11 is 0. The molecule has 21 heavy (non-hydrogen) atoms. The second-order valence-corrected chi connectivity index (χ2v) is 8.73. The summed E-state index contributed by atoms with van der Waals surface area (Å²) in [5.74, 6) is -0.885. The van der Waals surface area contributed by atoms with Crippen LogP contribution in [0, 0.1) is 0 Å². The first kappa shape index (κ1) is 17.4. The van der Waals surface area contributed by atoms with Crippen LogP contribution >= 0.6 is 0 Å². The molecule has 118 valence electrons. The van der Waals surface area contributed by atoms with Gasteiger partial charge in [0.25, 0.3) is 0 Å². The molecule has 1 amide bonds. The maximum Gasteiger partial charge on any atom is 0.243 e. The Morgan fingerprint density at radius 3 is 2.14 bits per heavy atom. The van der Waals surface area contributed by atoms with Gasteiger partial charge in [0.2, 0.25) is 15.9 Å². The third-order valence-electron chi connectivity index (χ3n) is 2.71. The number of nitrogen functional groups attached to an aromatic ring is 1. The van der Waals surface area contributed by atoms with Crippen LogP contribution in [0.2, 0.25) is 0 Å². The second-order valence-electron chi connectivity index (χ2n) is 5.07. The molecule has 0 saturated heterocycles. The van der Waals surface area contributed by atoms with E-state index in [1.54, 1.807) is 0 Å². The zero-order valence-corrected chi connectivity index (χ0v) is 13.4. The van der Waals surface area contributed by atoms with Crippen molar-refractivity contribution < 1.29 is 21.6 Å². The van der Waals surface area contributed by atoms with E-state index in [9.17, 15) is 21.6 Å². The average Bonchev–Trinajstić information content (AvgIpc) is 2.25. The van der Waals surface area contributed by atoms with E-state index >= 15 is 0 Å². The summed E-state index contributed by atoms with van der Waals surface area (Å²) in [6, 6.07) is 3.30. The van der Waals surface area contributed by atoms with Gasteiger partial charge in [0, 0.05) is 6.26 Å². The van der Waals surface area contributed by atoms with Crippen molar-refractivity contribution in [2.45, 2.75) is 29.2 Å². The summed E-state index contributed by atoms with van der Waals surface area (Å²) in [7, 11) is -7.82. The molecule has 0 fully saturated rings. The third-order valence-corrected chi connectivity index (χ3v) is 5.53. The SMILES string of the molecule is CC(C)(NS(=O)(=O)c1cc(S(C)(=O)=O)ccc1N)C(N)=O. The molecule has 0 saturated carbocycles. The highest BCUT2D eigenvalue weighted by Gasteiger charge is 2.32. The molecule has 0 heterocycles. The molecule has 5 N–H and O–H groups in total. The van der Waals surface area contributed by atoms with Gasteiger partial charge in [0.1, 0.15) is 10.4 Å². The monoisotopic (exact) mass is 335 g/mol. The van der Waals surface area contributed by atoms with E-state index in [1.807, 2.05) is 0 Å². The second kappa shape index (κ2) is 5.28. The first-order valence-electron chi connectivity index (χ1n) is 5.71. The molecule has 8 nitrogen and oxygen atoms in total. The number of hydrogen-bond donors (Lipinski definition) is 3. The Kier molecular flexibility index (Phi) is 4.37. The third kappa shape index (κ3) is 3.93. The van der Waals surface area contributed by atoms with E-state index in [2.05, 4.69) is 4.72 Å². The van der Waals surface area contributed by atoms with Gasteiger partial charge in [-0.05, 0) is 32.0 Å². The van der Waals surface area contributed by atoms with Crippen molar-refractivity contribution >= 4 is 31.5 Å². The molecule has 0 unspecified atom stereocenters. The van der Waals surface area contributed by atoms with Crippen molar-refractivity contribution in [2.75, 3.05) is 12.0 Å². The number of carbonyl (C=O) groups is 1. The largest absolute Gasteiger partial charge is 0.398 e. The first-order valence-corrected chi connectivity index (χ1v) is 9.08. The summed E-state index contributed by atoms with van der Waals surface area (Å²) in [5.41, 5.74) is 8.99. The van der Waals surface area contributed by atoms with Crippen LogP contribution < -0.4 is 16.2 Å². The number of nitrogens with one attached hydrogen (secondary N) is 1. The minimum absolute atomic E-state index is 0.143. The van der Waals surface area contributed by atoms with Gasteiger partial charge >= 0.3 is 0 Å². The van der Waals surface area contributed by atoms with E-state index in [0.717, 1.165) is 12.3 Å². The predicted molar refractivity (Wildman–Crippen MR) is 77.6 cm³/mol. The smallest absolute Gasteiger partial charge is 0.243 e. The lowest BCUT2D eigenvalue weighted by Crippen LogP contribution is -2.52. The lowest BCUT2D eigenvalue weighted by molar-refractivity contribution is -0.122. The molecule has 0 aliphatic heterocycles. The molecular weight excluding hydrogens is 318 g/mol. The maximum absolute atomic E-state index is 12.3. The van der Waals surface area contributed by atoms with Gasteiger partial charge in [-0.2, -0.15) is 4.72 Å². The molecule has 1 rings (SSSR count). The molecule has 0 aliphatic carbocycles. The number of amides is 1. The minimum Gasteiger partial charge on any atom is -0.398 e. The summed E-state index contributed by atoms with van der Waals surface area (Å²) in [6.07, 6.45) is 0.940. The summed E-state index contributed by atoms with van der Waals surface area (Å²) in [6.45, 7) is 2.56. The van der Waals surface area contributed by atoms with Crippen LogP contribution in [0.1, 0.15) is 13.8 Å². The van der Waals surface area contributed by atoms with Crippen molar-refractivity contribution in [2.24, 2.45) is 5.73 Å². The van der Waals surface area contributed by atoms with Gasteiger partial charge < -0.3 is 11.5 Å². The number of primary amides is 1. The quantitative estimate of drug-likeness (QED) is 0.600. The van der Waals surface area contributed by atoms with Crippen LogP contribution in [0.15, 0.2) is 28.0 Å². The predicted octanol–water partition coefficient (Wildman–Crippen LogP) is -0.785. The van der Waals surface area contributed by atoms with Crippen LogP contribution in [-0.2, 0) is 24.7 Å². The Hall–Kier alpha value is -1.65. The molecular formula is C11H17N3O5S2. The Balaban J connectivity index is 3.42. The van der Waals surface area contributed by atoms with E-state index in [-0.39, 0.29) is 10.6 Å². The maximum atomic E-state index is 12.3. The number of benzene rings is 1. The van der Waals surface area contributed by atoms with Crippen LogP contribution in [0.5, 0.6) is 0 Å². The molecule has 0 spiro atoms. The van der Waals surface area contributed by atoms with E-state index < -0.39 is 36.2 Å². The number of hydrogen-bond acceptors (Lipinski definition) is 6. The fourth-order valence-corrected chi connectivity index (χ4v) is 3.68. The molecule has 0 aromatic heterocycles. The zero-order valence-electron chi connectivity index (χ0n) is 11.7. The number of sulfone groups is 1. The topological polar surface area (TPSA) is 149 Å². The van der Waals surface area contributed by atoms with Gasteiger partial charge in [0.05, 0.1) is 10.6 Å². The lowest BCUT2D eigenvalue weighted by atomic mass is 10.1. The number of sulfonamides is 1. The summed E-state index contributed by atoms with van der Waals surface area (Å²) in [4.78, 5) is 10.6. The minimum atomic E-state index is -4.22. The van der Waals surface area contributed by atoms with Gasteiger partial charge in [-0.15, -0.1) is 0 Å². The number of nitrogens with two attached hydrogens (primary N) is 2. The molecule has 1 aromatic rings.